The Bertz CT molecular complexity index is 121. The van der Waals surface area contributed by atoms with Crippen LogP contribution in [0.2, 0.25) is 0 Å². The van der Waals surface area contributed by atoms with E-state index in [4.69, 9.17) is 5.11 Å². The minimum atomic E-state index is -0.668. The van der Waals surface area contributed by atoms with Crippen LogP contribution < -0.4 is 0 Å². The highest BCUT2D eigenvalue weighted by atomic mass is 16.4. The maximum atomic E-state index is 10.2. The molecule has 0 spiro atoms. The van der Waals surface area contributed by atoms with E-state index in [1.807, 2.05) is 0 Å². The fraction of sp³-hybridized carbons (Fsp3) is 0.900. The Labute approximate surface area is 75.0 Å². The summed E-state index contributed by atoms with van der Waals surface area (Å²) in [7, 11) is 0. The van der Waals surface area contributed by atoms with Crippen LogP contribution in [0.25, 0.3) is 0 Å². The summed E-state index contributed by atoms with van der Waals surface area (Å²) < 4.78 is 0. The molecule has 12 heavy (non-hydrogen) atoms. The summed E-state index contributed by atoms with van der Waals surface area (Å²) in [5.41, 5.74) is 0. The van der Waals surface area contributed by atoms with Crippen molar-refractivity contribution in [3.8, 4) is 0 Å². The molecule has 0 aliphatic rings. The van der Waals surface area contributed by atoms with Crippen molar-refractivity contribution in [2.45, 2.75) is 52.4 Å². The molecule has 0 aliphatic carbocycles. The Morgan fingerprint density at radius 1 is 1.33 bits per heavy atom. The molecular weight excluding hydrogens is 152 g/mol. The number of unbranched alkanes of at least 4 members (excludes halogenated alkanes) is 2. The average Bonchev–Trinajstić information content (AvgIpc) is 2.03. The highest BCUT2D eigenvalue weighted by molar-refractivity contribution is 5.66. The van der Waals surface area contributed by atoms with Gasteiger partial charge in [-0.25, -0.2) is 0 Å². The van der Waals surface area contributed by atoms with Crippen molar-refractivity contribution in [3.63, 3.8) is 0 Å². The standard InChI is InChI=1S/C10H20O2/c1-3-9(2)7-5-4-6-8-10(11)12/h9H,3-8H2,1-2H3,(H,11,12). The van der Waals surface area contributed by atoms with Crippen LogP contribution in [0.4, 0.5) is 0 Å². The monoisotopic (exact) mass is 172 g/mol. The smallest absolute Gasteiger partial charge is 0.303 e. The molecule has 1 unspecified atom stereocenters. The molecule has 0 saturated heterocycles. The molecule has 0 amide bonds. The van der Waals surface area contributed by atoms with Crippen LogP contribution in [0, 0.1) is 5.92 Å². The van der Waals surface area contributed by atoms with E-state index in [1.165, 1.54) is 19.3 Å². The second kappa shape index (κ2) is 7.14. The van der Waals surface area contributed by atoms with Crippen LogP contribution >= 0.6 is 0 Å². The number of carboxylic acid groups (broad SMARTS) is 1. The Morgan fingerprint density at radius 3 is 2.50 bits per heavy atom. The van der Waals surface area contributed by atoms with Gasteiger partial charge in [0, 0.05) is 6.42 Å². The molecule has 0 fully saturated rings. The van der Waals surface area contributed by atoms with Crippen molar-refractivity contribution in [2.75, 3.05) is 0 Å². The number of hydrogen-bond acceptors (Lipinski definition) is 1. The van der Waals surface area contributed by atoms with E-state index in [1.54, 1.807) is 0 Å². The van der Waals surface area contributed by atoms with Crippen LogP contribution in [0.5, 0.6) is 0 Å². The molecule has 0 radical (unpaired) electrons. The Kier molecular flexibility index (Phi) is 6.82. The van der Waals surface area contributed by atoms with Crippen molar-refractivity contribution < 1.29 is 9.90 Å². The fourth-order valence-electron chi connectivity index (χ4n) is 1.15. The zero-order chi connectivity index (χ0) is 9.40. The predicted octanol–water partition coefficient (Wildman–Crippen LogP) is 3.07. The van der Waals surface area contributed by atoms with Crippen LogP contribution in [0.3, 0.4) is 0 Å². The van der Waals surface area contributed by atoms with Crippen LogP contribution in [0.1, 0.15) is 52.4 Å². The highest BCUT2D eigenvalue weighted by Gasteiger charge is 1.99. The summed E-state index contributed by atoms with van der Waals surface area (Å²) in [6.45, 7) is 4.44. The average molecular weight is 172 g/mol. The summed E-state index contributed by atoms with van der Waals surface area (Å²) in [6, 6.07) is 0. The molecule has 0 heterocycles. The lowest BCUT2D eigenvalue weighted by atomic mass is 10.0. The first kappa shape index (κ1) is 11.5. The molecule has 1 N–H and O–H groups in total. The molecule has 2 heteroatoms. The topological polar surface area (TPSA) is 37.3 Å². The SMILES string of the molecule is CCC(C)CCCCCC(=O)O. The summed E-state index contributed by atoms with van der Waals surface area (Å²) in [5.74, 6) is 0.133. The molecule has 0 bridgehead atoms. The van der Waals surface area contributed by atoms with Crippen molar-refractivity contribution in [1.82, 2.24) is 0 Å². The molecule has 72 valence electrons. The van der Waals surface area contributed by atoms with Gasteiger partial charge in [0.05, 0.1) is 0 Å². The first-order valence-corrected chi connectivity index (χ1v) is 4.88. The zero-order valence-electron chi connectivity index (χ0n) is 8.18. The van der Waals surface area contributed by atoms with E-state index in [0.29, 0.717) is 6.42 Å². The van der Waals surface area contributed by atoms with Gasteiger partial charge in [-0.2, -0.15) is 0 Å². The Balaban J connectivity index is 3.05. The van der Waals surface area contributed by atoms with E-state index in [9.17, 15) is 4.79 Å². The summed E-state index contributed by atoms with van der Waals surface area (Å²) in [5, 5.41) is 8.37. The lowest BCUT2D eigenvalue weighted by Gasteiger charge is -2.06. The molecule has 0 aromatic carbocycles. The molecule has 0 rings (SSSR count). The van der Waals surface area contributed by atoms with Gasteiger partial charge in [-0.15, -0.1) is 0 Å². The third-order valence-electron chi connectivity index (χ3n) is 2.28. The van der Waals surface area contributed by atoms with Gasteiger partial charge >= 0.3 is 5.97 Å². The fourth-order valence-corrected chi connectivity index (χ4v) is 1.15. The molecule has 0 aromatic heterocycles. The van der Waals surface area contributed by atoms with Gasteiger partial charge in [-0.1, -0.05) is 39.5 Å². The Hall–Kier alpha value is -0.530. The normalized spacial score (nSPS) is 12.8. The number of aliphatic carboxylic acids is 1. The quantitative estimate of drug-likeness (QED) is 0.599. The number of hydrogen-bond donors (Lipinski definition) is 1. The minimum absolute atomic E-state index is 0.334. The highest BCUT2D eigenvalue weighted by Crippen LogP contribution is 2.12. The maximum absolute atomic E-state index is 10.2. The van der Waals surface area contributed by atoms with Gasteiger partial charge in [-0.05, 0) is 12.3 Å². The molecule has 0 aromatic rings. The summed E-state index contributed by atoms with van der Waals surface area (Å²) in [4.78, 5) is 10.2. The van der Waals surface area contributed by atoms with Gasteiger partial charge in [0.25, 0.3) is 0 Å². The zero-order valence-corrected chi connectivity index (χ0v) is 8.18. The molecule has 1 atom stereocenters. The van der Waals surface area contributed by atoms with E-state index in [0.717, 1.165) is 18.8 Å². The van der Waals surface area contributed by atoms with Crippen LogP contribution in [-0.4, -0.2) is 11.1 Å². The summed E-state index contributed by atoms with van der Waals surface area (Å²) >= 11 is 0. The summed E-state index contributed by atoms with van der Waals surface area (Å²) in [6.07, 6.45) is 5.90. The molecule has 0 saturated carbocycles. The first-order chi connectivity index (χ1) is 5.66. The number of carbonyl (C=O) groups is 1. The number of rotatable bonds is 7. The minimum Gasteiger partial charge on any atom is -0.481 e. The second-order valence-electron chi connectivity index (χ2n) is 3.51. The van der Waals surface area contributed by atoms with Crippen LogP contribution in [0.15, 0.2) is 0 Å². The van der Waals surface area contributed by atoms with E-state index >= 15 is 0 Å². The first-order valence-electron chi connectivity index (χ1n) is 4.88. The maximum Gasteiger partial charge on any atom is 0.303 e. The molecule has 0 aliphatic heterocycles. The van der Waals surface area contributed by atoms with Gasteiger partial charge in [0.2, 0.25) is 0 Å². The predicted molar refractivity (Wildman–Crippen MR) is 50.2 cm³/mol. The van der Waals surface area contributed by atoms with Crippen LogP contribution in [-0.2, 0) is 4.79 Å². The molecule has 2 nitrogen and oxygen atoms in total. The lowest BCUT2D eigenvalue weighted by molar-refractivity contribution is -0.137. The largest absolute Gasteiger partial charge is 0.481 e. The third kappa shape index (κ3) is 7.58. The lowest BCUT2D eigenvalue weighted by Crippen LogP contribution is -1.95. The van der Waals surface area contributed by atoms with E-state index in [2.05, 4.69) is 13.8 Å². The van der Waals surface area contributed by atoms with Crippen molar-refractivity contribution in [2.24, 2.45) is 5.92 Å². The third-order valence-corrected chi connectivity index (χ3v) is 2.28. The van der Waals surface area contributed by atoms with Crippen molar-refractivity contribution in [3.05, 3.63) is 0 Å². The Morgan fingerprint density at radius 2 is 2.00 bits per heavy atom. The van der Waals surface area contributed by atoms with Gasteiger partial charge in [0.1, 0.15) is 0 Å². The van der Waals surface area contributed by atoms with Crippen molar-refractivity contribution >= 4 is 5.97 Å². The molecular formula is C10H20O2. The van der Waals surface area contributed by atoms with Gasteiger partial charge < -0.3 is 5.11 Å². The van der Waals surface area contributed by atoms with E-state index < -0.39 is 5.97 Å². The second-order valence-corrected chi connectivity index (χ2v) is 3.51. The van der Waals surface area contributed by atoms with E-state index in [-0.39, 0.29) is 0 Å². The van der Waals surface area contributed by atoms with Gasteiger partial charge in [0.15, 0.2) is 0 Å². The number of carboxylic acids is 1. The van der Waals surface area contributed by atoms with Gasteiger partial charge in [-0.3, -0.25) is 4.79 Å². The van der Waals surface area contributed by atoms with Crippen molar-refractivity contribution in [1.29, 1.82) is 0 Å².